The molecule has 0 aromatic carbocycles. The second-order valence-corrected chi connectivity index (χ2v) is 4.74. The average Bonchev–Trinajstić information content (AvgIpc) is 2.46. The van der Waals surface area contributed by atoms with Crippen molar-refractivity contribution in [2.45, 2.75) is 38.8 Å². The standard InChI is InChI=1S/C14H20N4/c1-3-11-10-18(13(4-2)8-16-11)14-6-5-12(7-15)17-9-14/h5-6,9,11,13,16H,3-4,8,10H2,1-2H3. The zero-order valence-electron chi connectivity index (χ0n) is 11.1. The lowest BCUT2D eigenvalue weighted by atomic mass is 10.0. The summed E-state index contributed by atoms with van der Waals surface area (Å²) in [5.74, 6) is 0. The van der Waals surface area contributed by atoms with E-state index in [-0.39, 0.29) is 0 Å². The van der Waals surface area contributed by atoms with Crippen LogP contribution in [-0.4, -0.2) is 30.2 Å². The van der Waals surface area contributed by atoms with Gasteiger partial charge in [0.05, 0.1) is 11.9 Å². The van der Waals surface area contributed by atoms with Crippen LogP contribution >= 0.6 is 0 Å². The molecular formula is C14H20N4. The molecule has 2 rings (SSSR count). The zero-order valence-corrected chi connectivity index (χ0v) is 11.1. The molecule has 1 aromatic rings. The molecule has 1 N–H and O–H groups in total. The third-order valence-electron chi connectivity index (χ3n) is 3.66. The molecular weight excluding hydrogens is 224 g/mol. The lowest BCUT2D eigenvalue weighted by Crippen LogP contribution is -2.56. The molecule has 1 fully saturated rings. The van der Waals surface area contributed by atoms with E-state index in [1.165, 1.54) is 0 Å². The van der Waals surface area contributed by atoms with Crippen molar-refractivity contribution in [3.8, 4) is 6.07 Å². The number of hydrogen-bond donors (Lipinski definition) is 1. The van der Waals surface area contributed by atoms with Crippen LogP contribution in [0.4, 0.5) is 5.69 Å². The van der Waals surface area contributed by atoms with E-state index in [1.807, 2.05) is 12.3 Å². The number of pyridine rings is 1. The van der Waals surface area contributed by atoms with Gasteiger partial charge in [-0.15, -0.1) is 0 Å². The maximum Gasteiger partial charge on any atom is 0.140 e. The minimum absolute atomic E-state index is 0.481. The molecule has 1 aromatic heterocycles. The van der Waals surface area contributed by atoms with Crippen molar-refractivity contribution in [3.63, 3.8) is 0 Å². The molecule has 18 heavy (non-hydrogen) atoms. The lowest BCUT2D eigenvalue weighted by Gasteiger charge is -2.41. The first kappa shape index (κ1) is 12.8. The smallest absolute Gasteiger partial charge is 0.140 e. The molecule has 96 valence electrons. The van der Waals surface area contributed by atoms with Gasteiger partial charge in [-0.25, -0.2) is 4.98 Å². The summed E-state index contributed by atoms with van der Waals surface area (Å²) in [4.78, 5) is 6.58. The monoisotopic (exact) mass is 244 g/mol. The Hall–Kier alpha value is -1.60. The predicted octanol–water partition coefficient (Wildman–Crippen LogP) is 1.92. The fraction of sp³-hybridized carbons (Fsp3) is 0.571. The summed E-state index contributed by atoms with van der Waals surface area (Å²) in [5.41, 5.74) is 1.61. The number of aromatic nitrogens is 1. The Labute approximate surface area is 109 Å². The van der Waals surface area contributed by atoms with E-state index in [9.17, 15) is 0 Å². The Morgan fingerprint density at radius 3 is 2.83 bits per heavy atom. The van der Waals surface area contributed by atoms with Crippen molar-refractivity contribution in [1.82, 2.24) is 10.3 Å². The zero-order chi connectivity index (χ0) is 13.0. The number of nitrogens with zero attached hydrogens (tertiary/aromatic N) is 3. The first-order valence-corrected chi connectivity index (χ1v) is 6.64. The highest BCUT2D eigenvalue weighted by atomic mass is 15.2. The Morgan fingerprint density at radius 2 is 2.28 bits per heavy atom. The highest BCUT2D eigenvalue weighted by Crippen LogP contribution is 2.21. The van der Waals surface area contributed by atoms with Crippen LogP contribution < -0.4 is 10.2 Å². The maximum absolute atomic E-state index is 8.78. The minimum Gasteiger partial charge on any atom is -0.364 e. The molecule has 1 aliphatic heterocycles. The van der Waals surface area contributed by atoms with Crippen LogP contribution in [0.25, 0.3) is 0 Å². The van der Waals surface area contributed by atoms with Gasteiger partial charge in [0.15, 0.2) is 0 Å². The Kier molecular flexibility index (Phi) is 4.16. The van der Waals surface area contributed by atoms with Gasteiger partial charge in [-0.3, -0.25) is 0 Å². The second-order valence-electron chi connectivity index (χ2n) is 4.74. The van der Waals surface area contributed by atoms with Crippen molar-refractivity contribution in [1.29, 1.82) is 5.26 Å². The van der Waals surface area contributed by atoms with E-state index in [4.69, 9.17) is 5.26 Å². The third kappa shape index (κ3) is 2.62. The van der Waals surface area contributed by atoms with Crippen molar-refractivity contribution < 1.29 is 0 Å². The van der Waals surface area contributed by atoms with Gasteiger partial charge in [-0.05, 0) is 25.0 Å². The number of anilines is 1. The summed E-state index contributed by atoms with van der Waals surface area (Å²) >= 11 is 0. The molecule has 4 heteroatoms. The molecule has 2 atom stereocenters. The van der Waals surface area contributed by atoms with Gasteiger partial charge < -0.3 is 10.2 Å². The van der Waals surface area contributed by atoms with Crippen LogP contribution in [0, 0.1) is 11.3 Å². The predicted molar refractivity (Wildman–Crippen MR) is 72.5 cm³/mol. The number of hydrogen-bond acceptors (Lipinski definition) is 4. The van der Waals surface area contributed by atoms with Crippen molar-refractivity contribution in [3.05, 3.63) is 24.0 Å². The van der Waals surface area contributed by atoms with Crippen molar-refractivity contribution in [2.75, 3.05) is 18.0 Å². The second kappa shape index (κ2) is 5.83. The quantitative estimate of drug-likeness (QED) is 0.882. The Morgan fingerprint density at radius 1 is 1.44 bits per heavy atom. The summed E-state index contributed by atoms with van der Waals surface area (Å²) in [6.45, 7) is 6.46. The fourth-order valence-electron chi connectivity index (χ4n) is 2.44. The molecule has 0 radical (unpaired) electrons. The highest BCUT2D eigenvalue weighted by molar-refractivity contribution is 5.47. The SMILES string of the molecule is CCC1CN(c2ccc(C#N)nc2)C(CC)CN1. The number of rotatable bonds is 3. The molecule has 0 aliphatic carbocycles. The van der Waals surface area contributed by atoms with Crippen LogP contribution in [0.3, 0.4) is 0 Å². The van der Waals surface area contributed by atoms with Crippen molar-refractivity contribution in [2.24, 2.45) is 0 Å². The van der Waals surface area contributed by atoms with Gasteiger partial charge >= 0.3 is 0 Å². The summed E-state index contributed by atoms with van der Waals surface area (Å²) in [7, 11) is 0. The van der Waals surface area contributed by atoms with Crippen molar-refractivity contribution >= 4 is 5.69 Å². The first-order valence-electron chi connectivity index (χ1n) is 6.64. The van der Waals surface area contributed by atoms with Gasteiger partial charge in [-0.1, -0.05) is 13.8 Å². The van der Waals surface area contributed by atoms with E-state index in [2.05, 4.69) is 35.1 Å². The summed E-state index contributed by atoms with van der Waals surface area (Å²) in [6.07, 6.45) is 4.07. The Bertz CT molecular complexity index is 420. The normalized spacial score (nSPS) is 23.7. The largest absolute Gasteiger partial charge is 0.364 e. The lowest BCUT2D eigenvalue weighted by molar-refractivity contribution is 0.378. The Balaban J connectivity index is 2.18. The van der Waals surface area contributed by atoms with Crippen LogP contribution in [0.2, 0.25) is 0 Å². The topological polar surface area (TPSA) is 52.0 Å². The van der Waals surface area contributed by atoms with E-state index in [1.54, 1.807) is 6.07 Å². The molecule has 0 saturated carbocycles. The van der Waals surface area contributed by atoms with Crippen LogP contribution in [0.15, 0.2) is 18.3 Å². The van der Waals surface area contributed by atoms with E-state index >= 15 is 0 Å². The molecule has 1 saturated heterocycles. The fourth-order valence-corrected chi connectivity index (χ4v) is 2.44. The van der Waals surface area contributed by atoms with E-state index in [0.717, 1.165) is 31.6 Å². The van der Waals surface area contributed by atoms with Gasteiger partial charge in [0.1, 0.15) is 11.8 Å². The summed E-state index contributed by atoms with van der Waals surface area (Å²) < 4.78 is 0. The molecule has 0 amide bonds. The van der Waals surface area contributed by atoms with E-state index < -0.39 is 0 Å². The third-order valence-corrected chi connectivity index (χ3v) is 3.66. The number of piperazine rings is 1. The average molecular weight is 244 g/mol. The van der Waals surface area contributed by atoms with Gasteiger partial charge in [-0.2, -0.15) is 5.26 Å². The molecule has 4 nitrogen and oxygen atoms in total. The molecule has 0 spiro atoms. The number of nitrogens with one attached hydrogen (secondary N) is 1. The first-order chi connectivity index (χ1) is 8.78. The van der Waals surface area contributed by atoms with Gasteiger partial charge in [0.25, 0.3) is 0 Å². The van der Waals surface area contributed by atoms with Crippen LogP contribution in [0.5, 0.6) is 0 Å². The maximum atomic E-state index is 8.78. The van der Waals surface area contributed by atoms with Gasteiger partial charge in [0, 0.05) is 25.2 Å². The molecule has 0 bridgehead atoms. The molecule has 2 heterocycles. The minimum atomic E-state index is 0.481. The summed E-state index contributed by atoms with van der Waals surface area (Å²) in [5, 5.41) is 12.4. The summed E-state index contributed by atoms with van der Waals surface area (Å²) in [6, 6.07) is 6.92. The van der Waals surface area contributed by atoms with Gasteiger partial charge in [0.2, 0.25) is 0 Å². The number of nitriles is 1. The molecule has 2 unspecified atom stereocenters. The van der Waals surface area contributed by atoms with Crippen LogP contribution in [0.1, 0.15) is 32.4 Å². The highest BCUT2D eigenvalue weighted by Gasteiger charge is 2.26. The van der Waals surface area contributed by atoms with E-state index in [0.29, 0.717) is 17.8 Å². The molecule has 1 aliphatic rings. The van der Waals surface area contributed by atoms with Crippen LogP contribution in [-0.2, 0) is 0 Å².